The maximum absolute atomic E-state index is 5.33. The van der Waals surface area contributed by atoms with Crippen molar-refractivity contribution in [2.45, 2.75) is 0 Å². The maximum Gasteiger partial charge on any atom is 0.164 e. The van der Waals surface area contributed by atoms with Gasteiger partial charge in [-0.1, -0.05) is 224 Å². The molecule has 3 nitrogen and oxygen atoms in total. The molecule has 1 heterocycles. The standard InChI is InChI=1S/C61H39N3/c1-3-17-40(18-4-1)46-23-11-15-29-54(46)59-62-60(55-30-16-12-24-47(55)41-19-5-2-6-20-41)64-61(63-59)56-38-37-49(51-27-13-14-28-52(51)56)43-31-33-44(34-32-43)58-50-26-10-8-22-45(50)39-57-48-25-9-7-21-42(48)35-36-53(57)58/h1-39H. The van der Waals surface area contributed by atoms with E-state index in [1.165, 1.54) is 43.4 Å². The fourth-order valence-corrected chi connectivity index (χ4v) is 9.53. The zero-order chi connectivity index (χ0) is 42.4. The Morgan fingerprint density at radius 2 is 0.625 bits per heavy atom. The molecule has 0 amide bonds. The van der Waals surface area contributed by atoms with Crippen molar-refractivity contribution in [3.8, 4) is 78.7 Å². The lowest BCUT2D eigenvalue weighted by Crippen LogP contribution is -2.02. The van der Waals surface area contributed by atoms with E-state index < -0.39 is 0 Å². The summed E-state index contributed by atoms with van der Waals surface area (Å²) in [6, 6.07) is 84.2. The van der Waals surface area contributed by atoms with Crippen molar-refractivity contribution < 1.29 is 0 Å². The lowest BCUT2D eigenvalue weighted by atomic mass is 9.88. The molecular weight excluding hydrogens is 775 g/mol. The van der Waals surface area contributed by atoms with Crippen LogP contribution >= 0.6 is 0 Å². The van der Waals surface area contributed by atoms with Crippen molar-refractivity contribution in [2.24, 2.45) is 0 Å². The summed E-state index contributed by atoms with van der Waals surface area (Å²) < 4.78 is 0. The Hall–Kier alpha value is -8.53. The normalized spacial score (nSPS) is 11.4. The lowest BCUT2D eigenvalue weighted by Gasteiger charge is -2.16. The molecule has 0 N–H and O–H groups in total. The van der Waals surface area contributed by atoms with Crippen LogP contribution in [0.3, 0.4) is 0 Å². The van der Waals surface area contributed by atoms with Crippen molar-refractivity contribution in [3.63, 3.8) is 0 Å². The first-order valence-corrected chi connectivity index (χ1v) is 21.8. The lowest BCUT2D eigenvalue weighted by molar-refractivity contribution is 1.08. The molecule has 64 heavy (non-hydrogen) atoms. The van der Waals surface area contributed by atoms with Crippen molar-refractivity contribution in [1.82, 2.24) is 15.0 Å². The Morgan fingerprint density at radius 3 is 1.23 bits per heavy atom. The Morgan fingerprint density at radius 1 is 0.203 bits per heavy atom. The molecule has 298 valence electrons. The van der Waals surface area contributed by atoms with Gasteiger partial charge < -0.3 is 0 Å². The fourth-order valence-electron chi connectivity index (χ4n) is 9.53. The van der Waals surface area contributed by atoms with Gasteiger partial charge in [-0.05, 0) is 99.7 Å². The van der Waals surface area contributed by atoms with Crippen molar-refractivity contribution >= 4 is 43.1 Å². The third-order valence-corrected chi connectivity index (χ3v) is 12.6. The van der Waals surface area contributed by atoms with Gasteiger partial charge in [0.15, 0.2) is 17.5 Å². The topological polar surface area (TPSA) is 38.7 Å². The van der Waals surface area contributed by atoms with E-state index in [9.17, 15) is 0 Å². The molecule has 12 rings (SSSR count). The minimum atomic E-state index is 0.624. The van der Waals surface area contributed by atoms with Crippen LogP contribution in [0.2, 0.25) is 0 Å². The minimum absolute atomic E-state index is 0.624. The van der Waals surface area contributed by atoms with E-state index in [-0.39, 0.29) is 0 Å². The zero-order valence-corrected chi connectivity index (χ0v) is 34.9. The van der Waals surface area contributed by atoms with Gasteiger partial charge in [-0.15, -0.1) is 0 Å². The van der Waals surface area contributed by atoms with Gasteiger partial charge in [0.05, 0.1) is 0 Å². The van der Waals surface area contributed by atoms with E-state index in [0.29, 0.717) is 17.5 Å². The first-order valence-electron chi connectivity index (χ1n) is 21.8. The molecule has 0 spiro atoms. The molecule has 0 radical (unpaired) electrons. The van der Waals surface area contributed by atoms with E-state index in [2.05, 4.69) is 224 Å². The molecule has 1 aromatic heterocycles. The van der Waals surface area contributed by atoms with E-state index >= 15 is 0 Å². The molecular formula is C61H39N3. The molecule has 0 saturated carbocycles. The Labute approximate surface area is 371 Å². The van der Waals surface area contributed by atoms with Crippen LogP contribution in [0.15, 0.2) is 237 Å². The summed E-state index contributed by atoms with van der Waals surface area (Å²) in [5.41, 5.74) is 11.9. The highest BCUT2D eigenvalue weighted by Gasteiger charge is 2.20. The van der Waals surface area contributed by atoms with Crippen LogP contribution in [0.4, 0.5) is 0 Å². The summed E-state index contributed by atoms with van der Waals surface area (Å²) in [5, 5.41) is 9.75. The highest BCUT2D eigenvalue weighted by molar-refractivity contribution is 6.20. The molecule has 0 aliphatic heterocycles. The van der Waals surface area contributed by atoms with E-state index in [0.717, 1.165) is 60.8 Å². The highest BCUT2D eigenvalue weighted by atomic mass is 15.0. The van der Waals surface area contributed by atoms with Crippen LogP contribution in [-0.2, 0) is 0 Å². The van der Waals surface area contributed by atoms with Crippen molar-refractivity contribution in [3.05, 3.63) is 237 Å². The molecule has 0 aliphatic rings. The van der Waals surface area contributed by atoms with Gasteiger partial charge in [-0.3, -0.25) is 0 Å². The van der Waals surface area contributed by atoms with Gasteiger partial charge in [0, 0.05) is 16.7 Å². The minimum Gasteiger partial charge on any atom is -0.208 e. The number of nitrogens with zero attached hydrogens (tertiary/aromatic N) is 3. The van der Waals surface area contributed by atoms with Gasteiger partial charge in [0.1, 0.15) is 0 Å². The summed E-state index contributed by atoms with van der Waals surface area (Å²) in [7, 11) is 0. The quantitative estimate of drug-likeness (QED) is 0.119. The van der Waals surface area contributed by atoms with E-state index in [1.807, 2.05) is 12.1 Å². The second kappa shape index (κ2) is 15.7. The van der Waals surface area contributed by atoms with Gasteiger partial charge in [-0.2, -0.15) is 0 Å². The monoisotopic (exact) mass is 813 g/mol. The first-order chi connectivity index (χ1) is 31.7. The number of hydrogen-bond donors (Lipinski definition) is 0. The summed E-state index contributed by atoms with van der Waals surface area (Å²) in [6.45, 7) is 0. The summed E-state index contributed by atoms with van der Waals surface area (Å²) in [4.78, 5) is 15.9. The summed E-state index contributed by atoms with van der Waals surface area (Å²) in [5.74, 6) is 1.87. The van der Waals surface area contributed by atoms with Gasteiger partial charge in [0.25, 0.3) is 0 Å². The molecule has 0 saturated heterocycles. The van der Waals surface area contributed by atoms with Gasteiger partial charge in [0.2, 0.25) is 0 Å². The fraction of sp³-hybridized carbons (Fsp3) is 0. The summed E-state index contributed by atoms with van der Waals surface area (Å²) >= 11 is 0. The third-order valence-electron chi connectivity index (χ3n) is 12.6. The van der Waals surface area contributed by atoms with E-state index in [1.54, 1.807) is 0 Å². The number of fused-ring (bicyclic) bond motifs is 5. The highest BCUT2D eigenvalue weighted by Crippen LogP contribution is 2.42. The maximum atomic E-state index is 5.33. The predicted molar refractivity (Wildman–Crippen MR) is 268 cm³/mol. The predicted octanol–water partition coefficient (Wildman–Crippen LogP) is 16.2. The number of aromatic nitrogens is 3. The smallest absolute Gasteiger partial charge is 0.164 e. The Kier molecular flexibility index (Phi) is 9.16. The Balaban J connectivity index is 1.01. The number of rotatable bonds is 7. The SMILES string of the molecule is c1ccc(-c2ccccc2-c2nc(-c3ccccc3-c3ccccc3)nc(-c3ccc(-c4ccc(-c5c6ccccc6cc6c5ccc5ccccc56)cc4)c4ccccc34)n2)cc1. The first kappa shape index (κ1) is 37.2. The molecule has 0 fully saturated rings. The molecule has 3 heteroatoms. The molecule has 11 aromatic carbocycles. The number of hydrogen-bond acceptors (Lipinski definition) is 3. The molecule has 0 atom stereocenters. The van der Waals surface area contributed by atoms with Crippen molar-refractivity contribution in [2.75, 3.05) is 0 Å². The summed E-state index contributed by atoms with van der Waals surface area (Å²) in [6.07, 6.45) is 0. The molecule has 0 unspecified atom stereocenters. The molecule has 12 aromatic rings. The molecule has 0 aliphatic carbocycles. The van der Waals surface area contributed by atoms with Crippen LogP contribution < -0.4 is 0 Å². The van der Waals surface area contributed by atoms with Crippen LogP contribution in [-0.4, -0.2) is 15.0 Å². The average molecular weight is 814 g/mol. The van der Waals surface area contributed by atoms with Crippen LogP contribution in [0.1, 0.15) is 0 Å². The van der Waals surface area contributed by atoms with Crippen LogP contribution in [0.5, 0.6) is 0 Å². The number of benzene rings is 11. The second-order valence-corrected chi connectivity index (χ2v) is 16.3. The van der Waals surface area contributed by atoms with Gasteiger partial charge in [-0.25, -0.2) is 15.0 Å². The van der Waals surface area contributed by atoms with E-state index in [4.69, 9.17) is 15.0 Å². The average Bonchev–Trinajstić information content (AvgIpc) is 3.38. The van der Waals surface area contributed by atoms with Crippen LogP contribution in [0.25, 0.3) is 122 Å². The Bertz CT molecular complexity index is 3610. The largest absolute Gasteiger partial charge is 0.208 e. The zero-order valence-electron chi connectivity index (χ0n) is 34.9. The van der Waals surface area contributed by atoms with Crippen LogP contribution in [0, 0.1) is 0 Å². The van der Waals surface area contributed by atoms with Gasteiger partial charge >= 0.3 is 0 Å². The molecule has 0 bridgehead atoms. The van der Waals surface area contributed by atoms with Crippen molar-refractivity contribution in [1.29, 1.82) is 0 Å². The third kappa shape index (κ3) is 6.50. The second-order valence-electron chi connectivity index (χ2n) is 16.3.